The van der Waals surface area contributed by atoms with Crippen LogP contribution in [0.4, 0.5) is 0 Å². The summed E-state index contributed by atoms with van der Waals surface area (Å²) in [5, 5.41) is 13.5. The van der Waals surface area contributed by atoms with Gasteiger partial charge < -0.3 is 28.8 Å². The first kappa shape index (κ1) is 43.2. The third-order valence-electron chi connectivity index (χ3n) is 8.00. The smallest absolute Gasteiger partial charge is 0.268 e. The molecule has 0 aliphatic rings. The highest BCUT2D eigenvalue weighted by Crippen LogP contribution is 2.38. The molecule has 0 bridgehead atoms. The fourth-order valence-corrected chi connectivity index (χ4v) is 5.76. The maximum absolute atomic E-state index is 12.5. The van der Waals surface area contributed by atoms with Crippen molar-refractivity contribution >= 4 is 13.7 Å². The second-order valence-corrected chi connectivity index (χ2v) is 15.0. The minimum Gasteiger partial charge on any atom is -0.756 e. The first-order chi connectivity index (χ1) is 21.0. The highest BCUT2D eigenvalue weighted by atomic mass is 31.2. The quantitative estimate of drug-likeness (QED) is 0.0330. The molecule has 3 unspecified atom stereocenters. The van der Waals surface area contributed by atoms with Crippen molar-refractivity contribution in [3.8, 4) is 0 Å². The Morgan fingerprint density at radius 3 is 1.70 bits per heavy atom. The van der Waals surface area contributed by atoms with Crippen LogP contribution < -0.4 is 10.2 Å². The van der Waals surface area contributed by atoms with E-state index in [1.165, 1.54) is 89.9 Å². The van der Waals surface area contributed by atoms with E-state index >= 15 is 0 Å². The van der Waals surface area contributed by atoms with E-state index in [1.54, 1.807) is 6.08 Å². The van der Waals surface area contributed by atoms with Crippen LogP contribution in [0, 0.1) is 0 Å². The predicted octanol–water partition coefficient (Wildman–Crippen LogP) is 8.22. The van der Waals surface area contributed by atoms with Crippen LogP contribution in [0.15, 0.2) is 12.2 Å². The van der Waals surface area contributed by atoms with Crippen LogP contribution in [0.3, 0.4) is 0 Å². The van der Waals surface area contributed by atoms with Crippen LogP contribution in [0.1, 0.15) is 155 Å². The molecule has 0 aromatic carbocycles. The zero-order chi connectivity index (χ0) is 32.9. The summed E-state index contributed by atoms with van der Waals surface area (Å²) < 4.78 is 22.9. The standard InChI is InChI=1S/C35H71N2O6P/c1-6-8-10-12-13-14-15-16-17-18-19-20-21-22-23-24-25-26-28-34(38)33(36-35(39)29-27-11-9-7-2)32-43-44(40,41)42-31-30-37(3,4)5/h26,28,33-34,38H,6-25,27,29-32H2,1-5H3,(H-,36,39,40,41)/b28-26+. The summed E-state index contributed by atoms with van der Waals surface area (Å²) in [6.07, 6.45) is 28.8. The zero-order valence-electron chi connectivity index (χ0n) is 29.4. The second kappa shape index (κ2) is 28.5. The highest BCUT2D eigenvalue weighted by molar-refractivity contribution is 7.45. The van der Waals surface area contributed by atoms with Gasteiger partial charge in [-0.15, -0.1) is 0 Å². The van der Waals surface area contributed by atoms with E-state index in [1.807, 2.05) is 27.2 Å². The first-order valence-corrected chi connectivity index (χ1v) is 19.5. The maximum Gasteiger partial charge on any atom is 0.268 e. The molecule has 8 nitrogen and oxygen atoms in total. The fraction of sp³-hybridized carbons (Fsp3) is 0.914. The molecule has 9 heteroatoms. The van der Waals surface area contributed by atoms with Crippen LogP contribution in [-0.4, -0.2) is 68.5 Å². The number of amides is 1. The van der Waals surface area contributed by atoms with Crippen LogP contribution in [0.2, 0.25) is 0 Å². The number of aliphatic hydroxyl groups is 1. The molecule has 44 heavy (non-hydrogen) atoms. The number of nitrogens with one attached hydrogen (secondary N) is 1. The third-order valence-corrected chi connectivity index (χ3v) is 8.96. The number of carbonyl (C=O) groups is 1. The Balaban J connectivity index is 4.29. The van der Waals surface area contributed by atoms with Gasteiger partial charge in [0.1, 0.15) is 13.2 Å². The van der Waals surface area contributed by atoms with Gasteiger partial charge in [-0.05, 0) is 19.3 Å². The number of unbranched alkanes of at least 4 members (excludes halogenated alkanes) is 19. The van der Waals surface area contributed by atoms with Gasteiger partial charge in [-0.2, -0.15) is 0 Å². The molecule has 0 saturated heterocycles. The topological polar surface area (TPSA) is 108 Å². The molecule has 262 valence electrons. The molecule has 2 N–H and O–H groups in total. The normalized spacial score (nSPS) is 15.0. The third kappa shape index (κ3) is 29.9. The summed E-state index contributed by atoms with van der Waals surface area (Å²) in [4.78, 5) is 24.8. The van der Waals surface area contributed by atoms with Gasteiger partial charge in [-0.25, -0.2) is 0 Å². The minimum absolute atomic E-state index is 0.000493. The van der Waals surface area contributed by atoms with Crippen molar-refractivity contribution in [2.24, 2.45) is 0 Å². The lowest BCUT2D eigenvalue weighted by molar-refractivity contribution is -0.870. The van der Waals surface area contributed by atoms with E-state index in [4.69, 9.17) is 9.05 Å². The van der Waals surface area contributed by atoms with Crippen molar-refractivity contribution in [2.75, 3.05) is 40.9 Å². The lowest BCUT2D eigenvalue weighted by Gasteiger charge is -2.29. The molecule has 0 aromatic heterocycles. The molecule has 1 amide bonds. The number of phosphoric acid groups is 1. The number of nitrogens with zero attached hydrogens (tertiary/aromatic N) is 1. The monoisotopic (exact) mass is 647 g/mol. The van der Waals surface area contributed by atoms with E-state index in [0.717, 1.165) is 44.9 Å². The Kier molecular flexibility index (Phi) is 28.0. The summed E-state index contributed by atoms with van der Waals surface area (Å²) in [5.41, 5.74) is 0. The molecule has 0 spiro atoms. The number of aliphatic hydroxyl groups excluding tert-OH is 1. The van der Waals surface area contributed by atoms with Gasteiger partial charge in [0, 0.05) is 6.42 Å². The summed E-state index contributed by atoms with van der Waals surface area (Å²) in [6.45, 7) is 4.50. The minimum atomic E-state index is -4.56. The average Bonchev–Trinajstić information content (AvgIpc) is 2.96. The largest absolute Gasteiger partial charge is 0.756 e. The van der Waals surface area contributed by atoms with Crippen LogP contribution in [-0.2, 0) is 18.4 Å². The van der Waals surface area contributed by atoms with Crippen LogP contribution >= 0.6 is 7.82 Å². The number of allylic oxidation sites excluding steroid dienone is 1. The number of phosphoric ester groups is 1. The molecule has 0 rings (SSSR count). The molecule has 0 heterocycles. The summed E-state index contributed by atoms with van der Waals surface area (Å²) >= 11 is 0. The number of quaternary nitrogens is 1. The number of rotatable bonds is 32. The molecular weight excluding hydrogens is 575 g/mol. The summed E-state index contributed by atoms with van der Waals surface area (Å²) in [7, 11) is 1.26. The maximum atomic E-state index is 12.5. The Morgan fingerprint density at radius 1 is 0.773 bits per heavy atom. The van der Waals surface area contributed by atoms with Gasteiger partial charge in [0.05, 0.1) is 39.9 Å². The number of hydrogen-bond donors (Lipinski definition) is 2. The van der Waals surface area contributed by atoms with E-state index in [9.17, 15) is 19.4 Å². The van der Waals surface area contributed by atoms with Gasteiger partial charge in [-0.1, -0.05) is 142 Å². The predicted molar refractivity (Wildman–Crippen MR) is 182 cm³/mol. The van der Waals surface area contributed by atoms with Crippen molar-refractivity contribution in [1.82, 2.24) is 5.32 Å². The van der Waals surface area contributed by atoms with E-state index < -0.39 is 20.0 Å². The van der Waals surface area contributed by atoms with Crippen molar-refractivity contribution in [2.45, 2.75) is 167 Å². The van der Waals surface area contributed by atoms with Gasteiger partial charge in [-0.3, -0.25) is 9.36 Å². The fourth-order valence-electron chi connectivity index (χ4n) is 5.03. The summed E-state index contributed by atoms with van der Waals surface area (Å²) in [5.74, 6) is -0.216. The molecule has 0 saturated carbocycles. The van der Waals surface area contributed by atoms with Gasteiger partial charge in [0.2, 0.25) is 5.91 Å². The van der Waals surface area contributed by atoms with Crippen molar-refractivity contribution in [1.29, 1.82) is 0 Å². The van der Waals surface area contributed by atoms with Gasteiger partial charge in [0.25, 0.3) is 7.82 Å². The molecule has 0 aromatic rings. The van der Waals surface area contributed by atoms with Crippen molar-refractivity contribution in [3.05, 3.63) is 12.2 Å². The number of likely N-dealkylation sites (N-methyl/N-ethyl adjacent to an activating group) is 1. The number of hydrogen-bond acceptors (Lipinski definition) is 6. The average molecular weight is 647 g/mol. The first-order valence-electron chi connectivity index (χ1n) is 18.1. The van der Waals surface area contributed by atoms with Crippen LogP contribution in [0.25, 0.3) is 0 Å². The second-order valence-electron chi connectivity index (χ2n) is 13.6. The number of carbonyl (C=O) groups excluding carboxylic acids is 1. The van der Waals surface area contributed by atoms with Gasteiger partial charge >= 0.3 is 0 Å². The SMILES string of the molecule is CCCCCCCCCCCCCCCCCC/C=C/C(O)C(COP(=O)([O-])OCC[N+](C)(C)C)NC(=O)CCCCCC. The van der Waals surface area contributed by atoms with Gasteiger partial charge in [0.15, 0.2) is 0 Å². The van der Waals surface area contributed by atoms with E-state index in [-0.39, 0.29) is 19.1 Å². The van der Waals surface area contributed by atoms with Crippen LogP contribution in [0.5, 0.6) is 0 Å². The Bertz CT molecular complexity index is 743. The van der Waals surface area contributed by atoms with E-state index in [0.29, 0.717) is 17.4 Å². The Labute approximate surface area is 272 Å². The molecule has 0 radical (unpaired) electrons. The Hall–Kier alpha value is -0.760. The molecule has 0 fully saturated rings. The molecule has 3 atom stereocenters. The lowest BCUT2D eigenvalue weighted by atomic mass is 10.0. The molecule has 0 aliphatic carbocycles. The zero-order valence-corrected chi connectivity index (χ0v) is 30.3. The van der Waals surface area contributed by atoms with Crippen molar-refractivity contribution < 1.29 is 32.9 Å². The highest BCUT2D eigenvalue weighted by Gasteiger charge is 2.23. The lowest BCUT2D eigenvalue weighted by Crippen LogP contribution is -2.45. The molecular formula is C35H71N2O6P. The molecule has 0 aliphatic heterocycles. The van der Waals surface area contributed by atoms with E-state index in [2.05, 4.69) is 19.2 Å². The van der Waals surface area contributed by atoms with Crippen molar-refractivity contribution in [3.63, 3.8) is 0 Å². The Morgan fingerprint density at radius 2 is 1.23 bits per heavy atom. The summed E-state index contributed by atoms with van der Waals surface area (Å²) in [6, 6.07) is -0.875.